The normalized spacial score (nSPS) is 20.0. The van der Waals surface area contributed by atoms with Gasteiger partial charge in [0.1, 0.15) is 0 Å². The molecular formula is C17H17N3O2S. The van der Waals surface area contributed by atoms with Gasteiger partial charge in [-0.15, -0.1) is 11.3 Å². The predicted molar refractivity (Wildman–Crippen MR) is 87.2 cm³/mol. The van der Waals surface area contributed by atoms with E-state index < -0.39 is 0 Å². The second-order valence-corrected chi connectivity index (χ2v) is 6.99. The maximum Gasteiger partial charge on any atom is 0.264 e. The number of thiophene rings is 1. The van der Waals surface area contributed by atoms with E-state index in [-0.39, 0.29) is 17.7 Å². The van der Waals surface area contributed by atoms with E-state index in [2.05, 4.69) is 10.3 Å². The van der Waals surface area contributed by atoms with Crippen LogP contribution >= 0.6 is 11.3 Å². The zero-order valence-electron chi connectivity index (χ0n) is 12.6. The van der Waals surface area contributed by atoms with Gasteiger partial charge in [0.15, 0.2) is 0 Å². The van der Waals surface area contributed by atoms with Crippen molar-refractivity contribution < 1.29 is 9.59 Å². The highest BCUT2D eigenvalue weighted by atomic mass is 32.1. The largest absolute Gasteiger partial charge is 0.353 e. The third-order valence-corrected chi connectivity index (χ3v) is 5.14. The minimum absolute atomic E-state index is 0.0151. The number of rotatable bonds is 3. The third-order valence-electron chi connectivity index (χ3n) is 4.28. The van der Waals surface area contributed by atoms with Crippen LogP contribution < -0.4 is 5.32 Å². The second kappa shape index (κ2) is 5.77. The minimum Gasteiger partial charge on any atom is -0.353 e. The fourth-order valence-electron chi connectivity index (χ4n) is 2.92. The second-order valence-electron chi connectivity index (χ2n) is 6.05. The Balaban J connectivity index is 1.62. The molecule has 0 spiro atoms. The molecule has 1 fully saturated rings. The zero-order valence-corrected chi connectivity index (χ0v) is 13.4. The Hall–Kier alpha value is -2.21. The van der Waals surface area contributed by atoms with Gasteiger partial charge < -0.3 is 10.2 Å². The molecule has 1 atom stereocenters. The van der Waals surface area contributed by atoms with Crippen molar-refractivity contribution in [2.24, 2.45) is 0 Å². The van der Waals surface area contributed by atoms with Crippen LogP contribution in [0.3, 0.4) is 0 Å². The van der Waals surface area contributed by atoms with E-state index in [1.165, 1.54) is 11.3 Å². The molecule has 1 aliphatic carbocycles. The van der Waals surface area contributed by atoms with Gasteiger partial charge in [-0.3, -0.25) is 14.6 Å². The van der Waals surface area contributed by atoms with Crippen LogP contribution in [0, 0.1) is 0 Å². The number of carbonyl (C=O) groups is 2. The molecule has 5 nitrogen and oxygen atoms in total. The van der Waals surface area contributed by atoms with Gasteiger partial charge in [0.05, 0.1) is 16.5 Å². The number of fused-ring (bicyclic) bond motifs is 1. The Morgan fingerprint density at radius 3 is 2.87 bits per heavy atom. The number of pyridine rings is 1. The molecule has 23 heavy (non-hydrogen) atoms. The van der Waals surface area contributed by atoms with Crippen LogP contribution in [0.2, 0.25) is 0 Å². The Morgan fingerprint density at radius 1 is 1.26 bits per heavy atom. The van der Waals surface area contributed by atoms with Gasteiger partial charge in [0.2, 0.25) is 5.91 Å². The smallest absolute Gasteiger partial charge is 0.264 e. The van der Waals surface area contributed by atoms with E-state index in [1.807, 2.05) is 29.6 Å². The van der Waals surface area contributed by atoms with Gasteiger partial charge in [-0.1, -0.05) is 12.1 Å². The molecule has 2 aromatic heterocycles. The highest BCUT2D eigenvalue weighted by molar-refractivity contribution is 7.12. The molecule has 118 valence electrons. The average Bonchev–Trinajstić information content (AvgIpc) is 3.22. The maximum absolute atomic E-state index is 12.7. The first-order valence-corrected chi connectivity index (χ1v) is 8.67. The number of nitrogens with one attached hydrogen (secondary N) is 1. The van der Waals surface area contributed by atoms with Gasteiger partial charge >= 0.3 is 0 Å². The first-order valence-electron chi connectivity index (χ1n) is 7.79. The number of hydrogen-bond acceptors (Lipinski definition) is 4. The molecule has 0 saturated heterocycles. The lowest BCUT2D eigenvalue weighted by Gasteiger charge is -2.33. The van der Waals surface area contributed by atoms with E-state index in [0.717, 1.165) is 24.1 Å². The molecule has 0 aromatic carbocycles. The summed E-state index contributed by atoms with van der Waals surface area (Å²) in [5.41, 5.74) is 1.76. The quantitative estimate of drug-likeness (QED) is 0.940. The van der Waals surface area contributed by atoms with E-state index in [4.69, 9.17) is 0 Å². The molecule has 6 heteroatoms. The number of hydrogen-bond donors (Lipinski definition) is 1. The van der Waals surface area contributed by atoms with Crippen LogP contribution in [0.5, 0.6) is 0 Å². The summed E-state index contributed by atoms with van der Waals surface area (Å²) in [5, 5.41) is 4.94. The van der Waals surface area contributed by atoms with Crippen molar-refractivity contribution in [3.63, 3.8) is 0 Å². The summed E-state index contributed by atoms with van der Waals surface area (Å²) in [6.07, 6.45) is 3.81. The Bertz CT molecular complexity index is 740. The number of nitrogens with zero attached hydrogens (tertiary/aromatic N) is 2. The molecule has 0 radical (unpaired) electrons. The predicted octanol–water partition coefficient (Wildman–Crippen LogP) is 2.16. The van der Waals surface area contributed by atoms with Crippen molar-refractivity contribution >= 4 is 23.2 Å². The van der Waals surface area contributed by atoms with Crippen LogP contribution in [-0.4, -0.2) is 34.3 Å². The molecule has 2 aromatic rings. The molecular weight excluding hydrogens is 310 g/mol. The summed E-state index contributed by atoms with van der Waals surface area (Å²) < 4.78 is 0. The first kappa shape index (κ1) is 14.4. The lowest BCUT2D eigenvalue weighted by Crippen LogP contribution is -2.44. The lowest BCUT2D eigenvalue weighted by molar-refractivity contribution is -0.123. The summed E-state index contributed by atoms with van der Waals surface area (Å²) in [6.45, 7) is 0.895. The zero-order chi connectivity index (χ0) is 15.8. The average molecular weight is 327 g/mol. The Kier molecular flexibility index (Phi) is 3.61. The number of carbonyl (C=O) groups excluding carboxylic acids is 2. The summed E-state index contributed by atoms with van der Waals surface area (Å²) in [5.74, 6) is -0.417. The lowest BCUT2D eigenvalue weighted by atomic mass is 9.93. The fourth-order valence-corrected chi connectivity index (χ4v) is 3.61. The molecule has 1 N–H and O–H groups in total. The van der Waals surface area contributed by atoms with Crippen molar-refractivity contribution in [1.29, 1.82) is 0 Å². The van der Waals surface area contributed by atoms with Gasteiger partial charge in [0, 0.05) is 25.3 Å². The van der Waals surface area contributed by atoms with Crippen LogP contribution in [0.1, 0.15) is 39.7 Å². The molecule has 1 aliphatic heterocycles. The van der Waals surface area contributed by atoms with Crippen molar-refractivity contribution in [1.82, 2.24) is 15.2 Å². The molecule has 1 saturated carbocycles. The monoisotopic (exact) mass is 327 g/mol. The van der Waals surface area contributed by atoms with E-state index in [1.54, 1.807) is 11.1 Å². The van der Waals surface area contributed by atoms with Crippen LogP contribution in [-0.2, 0) is 11.3 Å². The van der Waals surface area contributed by atoms with Gasteiger partial charge in [-0.25, -0.2) is 0 Å². The highest BCUT2D eigenvalue weighted by Crippen LogP contribution is 2.29. The van der Waals surface area contributed by atoms with Gasteiger partial charge in [0.25, 0.3) is 5.91 Å². The SMILES string of the molecule is O=C(NC1CC1)C1CN(C(=O)c2cccs2)Cc2cccnc21. The van der Waals surface area contributed by atoms with Crippen molar-refractivity contribution in [3.8, 4) is 0 Å². The summed E-state index contributed by atoms with van der Waals surface area (Å²) in [7, 11) is 0. The standard InChI is InChI=1S/C17H17N3O2S/c21-16(19-12-5-6-12)13-10-20(17(22)14-4-2-8-23-14)9-11-3-1-7-18-15(11)13/h1-4,7-8,12-13H,5-6,9-10H2,(H,19,21). The minimum atomic E-state index is -0.385. The molecule has 2 aliphatic rings. The summed E-state index contributed by atoms with van der Waals surface area (Å²) in [4.78, 5) is 32.1. The summed E-state index contributed by atoms with van der Waals surface area (Å²) >= 11 is 1.43. The van der Waals surface area contributed by atoms with Crippen LogP contribution in [0.15, 0.2) is 35.8 Å². The Labute approximate surface area is 138 Å². The Morgan fingerprint density at radius 2 is 2.13 bits per heavy atom. The van der Waals surface area contributed by atoms with E-state index in [9.17, 15) is 9.59 Å². The molecule has 3 heterocycles. The van der Waals surface area contributed by atoms with Gasteiger partial charge in [-0.2, -0.15) is 0 Å². The summed E-state index contributed by atoms with van der Waals surface area (Å²) in [6, 6.07) is 7.80. The van der Waals surface area contributed by atoms with Crippen molar-refractivity contribution in [3.05, 3.63) is 52.0 Å². The van der Waals surface area contributed by atoms with Crippen molar-refractivity contribution in [2.45, 2.75) is 31.3 Å². The van der Waals surface area contributed by atoms with E-state index in [0.29, 0.717) is 24.0 Å². The first-order chi connectivity index (χ1) is 11.2. The van der Waals surface area contributed by atoms with Crippen molar-refractivity contribution in [2.75, 3.05) is 6.54 Å². The number of aromatic nitrogens is 1. The number of amides is 2. The molecule has 2 amide bonds. The third kappa shape index (κ3) is 2.86. The van der Waals surface area contributed by atoms with Crippen LogP contribution in [0.4, 0.5) is 0 Å². The fraction of sp³-hybridized carbons (Fsp3) is 0.353. The van der Waals surface area contributed by atoms with Crippen LogP contribution in [0.25, 0.3) is 0 Å². The maximum atomic E-state index is 12.7. The molecule has 1 unspecified atom stereocenters. The topological polar surface area (TPSA) is 62.3 Å². The van der Waals surface area contributed by atoms with E-state index >= 15 is 0 Å². The highest BCUT2D eigenvalue weighted by Gasteiger charge is 2.36. The molecule has 0 bridgehead atoms. The molecule has 4 rings (SSSR count). The van der Waals surface area contributed by atoms with Gasteiger partial charge in [-0.05, 0) is 35.9 Å².